The Hall–Kier alpha value is -4.02. The molecule has 1 N–H and O–H groups in total. The summed E-state index contributed by atoms with van der Waals surface area (Å²) < 4.78 is 58.1. The number of rotatable bonds is 6. The van der Waals surface area contributed by atoms with E-state index in [2.05, 4.69) is 15.4 Å². The molecule has 31 heavy (non-hydrogen) atoms. The van der Waals surface area contributed by atoms with Crippen molar-refractivity contribution in [3.8, 4) is 5.69 Å². The van der Waals surface area contributed by atoms with Crippen LogP contribution in [0.5, 0.6) is 0 Å². The Bertz CT molecular complexity index is 1110. The largest absolute Gasteiger partial charge is 0.452 e. The number of aromatic nitrogens is 3. The molecule has 0 aliphatic heterocycles. The average Bonchev–Trinajstić information content (AvgIpc) is 3.25. The topological polar surface area (TPSA) is 86.1 Å². The molecule has 0 bridgehead atoms. The summed E-state index contributed by atoms with van der Waals surface area (Å²) in [6.45, 7) is -0.751. The van der Waals surface area contributed by atoms with Gasteiger partial charge in [0.2, 0.25) is 0 Å². The van der Waals surface area contributed by atoms with E-state index in [0.717, 1.165) is 24.3 Å². The number of hydrogen-bond donors (Lipinski definition) is 1. The molecular formula is C20H14F4N4O3. The Morgan fingerprint density at radius 1 is 1.16 bits per heavy atom. The van der Waals surface area contributed by atoms with Gasteiger partial charge in [0, 0.05) is 6.08 Å². The van der Waals surface area contributed by atoms with Crippen molar-refractivity contribution in [3.63, 3.8) is 0 Å². The zero-order valence-corrected chi connectivity index (χ0v) is 15.6. The van der Waals surface area contributed by atoms with Crippen molar-refractivity contribution in [2.75, 3.05) is 11.9 Å². The molecule has 0 radical (unpaired) electrons. The van der Waals surface area contributed by atoms with Gasteiger partial charge in [-0.05, 0) is 42.0 Å². The lowest BCUT2D eigenvalue weighted by molar-refractivity contribution is -0.142. The van der Waals surface area contributed by atoms with E-state index in [1.54, 1.807) is 6.07 Å². The Morgan fingerprint density at radius 2 is 1.97 bits per heavy atom. The summed E-state index contributed by atoms with van der Waals surface area (Å²) in [7, 11) is 0. The van der Waals surface area contributed by atoms with Crippen LogP contribution in [0.15, 0.2) is 61.2 Å². The van der Waals surface area contributed by atoms with Crippen LogP contribution < -0.4 is 5.32 Å². The summed E-state index contributed by atoms with van der Waals surface area (Å²) in [5, 5.41) is 6.10. The van der Waals surface area contributed by atoms with Crippen molar-refractivity contribution in [3.05, 3.63) is 78.1 Å². The molecule has 1 heterocycles. The molecular weight excluding hydrogens is 420 g/mol. The highest BCUT2D eigenvalue weighted by atomic mass is 19.4. The first-order valence-corrected chi connectivity index (χ1v) is 8.69. The molecule has 7 nitrogen and oxygen atoms in total. The second-order valence-corrected chi connectivity index (χ2v) is 6.11. The molecule has 3 aromatic rings. The van der Waals surface area contributed by atoms with Crippen LogP contribution in [0.1, 0.15) is 11.1 Å². The van der Waals surface area contributed by atoms with Gasteiger partial charge in [0.05, 0.1) is 16.9 Å². The molecule has 0 aliphatic rings. The van der Waals surface area contributed by atoms with Gasteiger partial charge < -0.3 is 10.1 Å². The number of hydrogen-bond acceptors (Lipinski definition) is 5. The van der Waals surface area contributed by atoms with Crippen molar-refractivity contribution < 1.29 is 31.9 Å². The number of esters is 1. The summed E-state index contributed by atoms with van der Waals surface area (Å²) >= 11 is 0. The maximum Gasteiger partial charge on any atom is 0.416 e. The lowest BCUT2D eigenvalue weighted by Gasteiger charge is -2.14. The number of halogens is 4. The number of ether oxygens (including phenoxy) is 1. The summed E-state index contributed by atoms with van der Waals surface area (Å²) in [4.78, 5) is 27.6. The Morgan fingerprint density at radius 3 is 2.65 bits per heavy atom. The third kappa shape index (κ3) is 5.98. The van der Waals surface area contributed by atoms with E-state index < -0.39 is 36.0 Å². The van der Waals surface area contributed by atoms with Crippen molar-refractivity contribution >= 4 is 23.6 Å². The second kappa shape index (κ2) is 9.20. The zero-order chi connectivity index (χ0) is 22.4. The van der Waals surface area contributed by atoms with Crippen LogP contribution in [-0.2, 0) is 20.5 Å². The number of amides is 1. The smallest absolute Gasteiger partial charge is 0.416 e. The molecule has 0 fully saturated rings. The Balaban J connectivity index is 1.67. The minimum atomic E-state index is -4.63. The van der Waals surface area contributed by atoms with E-state index in [4.69, 9.17) is 4.74 Å². The average molecular weight is 434 g/mol. The highest BCUT2D eigenvalue weighted by Gasteiger charge is 2.31. The van der Waals surface area contributed by atoms with Crippen molar-refractivity contribution in [2.24, 2.45) is 0 Å². The molecule has 160 valence electrons. The molecule has 0 unspecified atom stereocenters. The molecule has 2 aromatic carbocycles. The highest BCUT2D eigenvalue weighted by Crippen LogP contribution is 2.33. The summed E-state index contributed by atoms with van der Waals surface area (Å²) in [5.74, 6) is -2.24. The SMILES string of the molecule is O=C(COC(=O)/C=C/c1cccc(F)c1)Nc1cc(C(F)(F)F)ccc1-n1cncn1. The number of nitrogens with zero attached hydrogens (tertiary/aromatic N) is 3. The van der Waals surface area contributed by atoms with Gasteiger partial charge in [-0.1, -0.05) is 12.1 Å². The molecule has 0 saturated heterocycles. The number of carbonyl (C=O) groups is 2. The monoisotopic (exact) mass is 434 g/mol. The van der Waals surface area contributed by atoms with Gasteiger partial charge in [-0.15, -0.1) is 0 Å². The minimum Gasteiger partial charge on any atom is -0.452 e. The van der Waals surface area contributed by atoms with Crippen LogP contribution in [0.4, 0.5) is 23.2 Å². The first-order valence-electron chi connectivity index (χ1n) is 8.69. The lowest BCUT2D eigenvalue weighted by Crippen LogP contribution is -2.21. The maximum absolute atomic E-state index is 13.1. The number of benzene rings is 2. The van der Waals surface area contributed by atoms with Crippen LogP contribution in [0.3, 0.4) is 0 Å². The van der Waals surface area contributed by atoms with E-state index in [1.165, 1.54) is 41.6 Å². The molecule has 0 saturated carbocycles. The quantitative estimate of drug-likeness (QED) is 0.364. The van der Waals surface area contributed by atoms with Gasteiger partial charge >= 0.3 is 12.1 Å². The molecule has 11 heteroatoms. The van der Waals surface area contributed by atoms with Crippen LogP contribution in [-0.4, -0.2) is 33.2 Å². The van der Waals surface area contributed by atoms with Gasteiger partial charge in [-0.2, -0.15) is 18.3 Å². The molecule has 3 rings (SSSR count). The third-order valence-corrected chi connectivity index (χ3v) is 3.87. The molecule has 0 atom stereocenters. The number of carbonyl (C=O) groups excluding carboxylic acids is 2. The Kier molecular flexibility index (Phi) is 6.43. The van der Waals surface area contributed by atoms with Crippen LogP contribution in [0.2, 0.25) is 0 Å². The van der Waals surface area contributed by atoms with E-state index in [9.17, 15) is 27.2 Å². The fraction of sp³-hybridized carbons (Fsp3) is 0.100. The summed E-state index contributed by atoms with van der Waals surface area (Å²) in [6.07, 6.45) is 0.0755. The standard InChI is InChI=1S/C20H14F4N4O3/c21-15-3-1-2-13(8-15)4-7-19(30)31-10-18(29)27-16-9-14(20(22,23)24)5-6-17(16)28-12-25-11-26-28/h1-9,11-12H,10H2,(H,27,29)/b7-4+. The van der Waals surface area contributed by atoms with Gasteiger partial charge in [0.1, 0.15) is 18.5 Å². The summed E-state index contributed by atoms with van der Waals surface area (Å²) in [5.41, 5.74) is -0.641. The molecule has 1 aromatic heterocycles. The fourth-order valence-electron chi connectivity index (χ4n) is 2.49. The predicted molar refractivity (Wildman–Crippen MR) is 101 cm³/mol. The maximum atomic E-state index is 13.1. The van der Waals surface area contributed by atoms with Crippen LogP contribution >= 0.6 is 0 Å². The predicted octanol–water partition coefficient (Wildman–Crippen LogP) is 3.62. The Labute approximate surface area is 173 Å². The fourth-order valence-corrected chi connectivity index (χ4v) is 2.49. The molecule has 1 amide bonds. The number of nitrogens with one attached hydrogen (secondary N) is 1. The van der Waals surface area contributed by atoms with Gasteiger partial charge in [0.25, 0.3) is 5.91 Å². The zero-order valence-electron chi connectivity index (χ0n) is 15.6. The lowest BCUT2D eigenvalue weighted by atomic mass is 10.1. The van der Waals surface area contributed by atoms with Crippen molar-refractivity contribution in [1.82, 2.24) is 14.8 Å². The first-order chi connectivity index (χ1) is 14.7. The number of anilines is 1. The first kappa shape index (κ1) is 21.7. The van der Waals surface area contributed by atoms with Crippen LogP contribution in [0.25, 0.3) is 11.8 Å². The van der Waals surface area contributed by atoms with E-state index in [0.29, 0.717) is 5.56 Å². The highest BCUT2D eigenvalue weighted by molar-refractivity contribution is 5.96. The van der Waals surface area contributed by atoms with E-state index in [-0.39, 0.29) is 11.4 Å². The van der Waals surface area contributed by atoms with Gasteiger partial charge in [-0.3, -0.25) is 4.79 Å². The number of alkyl halides is 3. The summed E-state index contributed by atoms with van der Waals surface area (Å²) in [6, 6.07) is 8.14. The third-order valence-electron chi connectivity index (χ3n) is 3.87. The van der Waals surface area contributed by atoms with Crippen molar-refractivity contribution in [2.45, 2.75) is 6.18 Å². The normalized spacial score (nSPS) is 11.5. The van der Waals surface area contributed by atoms with Gasteiger partial charge in [0.15, 0.2) is 6.61 Å². The second-order valence-electron chi connectivity index (χ2n) is 6.11. The van der Waals surface area contributed by atoms with Gasteiger partial charge in [-0.25, -0.2) is 18.9 Å². The van der Waals surface area contributed by atoms with E-state index in [1.807, 2.05) is 0 Å². The molecule has 0 spiro atoms. The van der Waals surface area contributed by atoms with Crippen molar-refractivity contribution in [1.29, 1.82) is 0 Å². The molecule has 0 aliphatic carbocycles. The van der Waals surface area contributed by atoms with Crippen LogP contribution in [0, 0.1) is 5.82 Å². The van der Waals surface area contributed by atoms with E-state index >= 15 is 0 Å². The minimum absolute atomic E-state index is 0.135.